The number of carbonyl (C=O) groups excluding carboxylic acids is 1. The lowest BCUT2D eigenvalue weighted by atomic mass is 9.87. The zero-order valence-electron chi connectivity index (χ0n) is 8.13. The van der Waals surface area contributed by atoms with E-state index in [1.165, 1.54) is 5.57 Å². The van der Waals surface area contributed by atoms with E-state index in [0.29, 0.717) is 5.78 Å². The van der Waals surface area contributed by atoms with Crippen molar-refractivity contribution >= 4 is 5.78 Å². The molecule has 68 valence electrons. The van der Waals surface area contributed by atoms with Gasteiger partial charge in [0.05, 0.1) is 0 Å². The fraction of sp³-hybridized carbons (Fsp3) is 0.417. The molecule has 0 radical (unpaired) electrons. The third-order valence-electron chi connectivity index (χ3n) is 2.77. The minimum Gasteiger partial charge on any atom is -0.294 e. The van der Waals surface area contributed by atoms with Crippen molar-refractivity contribution in [3.8, 4) is 0 Å². The van der Waals surface area contributed by atoms with Crippen LogP contribution < -0.4 is 0 Å². The van der Waals surface area contributed by atoms with Crippen LogP contribution in [0.4, 0.5) is 0 Å². The summed E-state index contributed by atoms with van der Waals surface area (Å²) in [5.41, 5.74) is 2.09. The van der Waals surface area contributed by atoms with Gasteiger partial charge in [-0.15, -0.1) is 0 Å². The average Bonchev–Trinajstić information content (AvgIpc) is 2.29. The molecule has 0 aromatic carbocycles. The second-order valence-corrected chi connectivity index (χ2v) is 4.40. The minimum atomic E-state index is -0.166. The van der Waals surface area contributed by atoms with Gasteiger partial charge in [-0.1, -0.05) is 43.7 Å². The van der Waals surface area contributed by atoms with E-state index in [2.05, 4.69) is 6.08 Å². The summed E-state index contributed by atoms with van der Waals surface area (Å²) in [7, 11) is 0. The summed E-state index contributed by atoms with van der Waals surface area (Å²) in [5, 5.41) is 0. The first-order chi connectivity index (χ1) is 6.11. The van der Waals surface area contributed by atoms with Gasteiger partial charge < -0.3 is 0 Å². The molecule has 0 saturated heterocycles. The molecule has 0 heterocycles. The van der Waals surface area contributed by atoms with E-state index < -0.39 is 0 Å². The molecule has 0 fully saturated rings. The third kappa shape index (κ3) is 1.28. The van der Waals surface area contributed by atoms with Gasteiger partial charge in [-0.05, 0) is 12.8 Å². The van der Waals surface area contributed by atoms with Gasteiger partial charge in [-0.3, -0.25) is 4.79 Å². The fourth-order valence-electron chi connectivity index (χ4n) is 2.05. The van der Waals surface area contributed by atoms with Crippen LogP contribution in [0, 0.1) is 5.41 Å². The van der Waals surface area contributed by atoms with E-state index in [-0.39, 0.29) is 5.41 Å². The van der Waals surface area contributed by atoms with E-state index in [4.69, 9.17) is 0 Å². The highest BCUT2D eigenvalue weighted by atomic mass is 16.1. The molecule has 1 nitrogen and oxygen atoms in total. The normalized spacial score (nSPS) is 24.9. The number of carbonyl (C=O) groups is 1. The molecule has 2 aliphatic carbocycles. The fourth-order valence-corrected chi connectivity index (χ4v) is 2.05. The Morgan fingerprint density at radius 1 is 1.31 bits per heavy atom. The van der Waals surface area contributed by atoms with E-state index in [1.54, 1.807) is 0 Å². The van der Waals surface area contributed by atoms with Crippen LogP contribution in [0.5, 0.6) is 0 Å². The minimum absolute atomic E-state index is 0.166. The van der Waals surface area contributed by atoms with Crippen LogP contribution in [-0.4, -0.2) is 5.78 Å². The Morgan fingerprint density at radius 2 is 2.08 bits per heavy atom. The number of hydrogen-bond donors (Lipinski definition) is 0. The van der Waals surface area contributed by atoms with Crippen LogP contribution >= 0.6 is 0 Å². The molecule has 0 aromatic rings. The van der Waals surface area contributed by atoms with Crippen LogP contribution in [-0.2, 0) is 4.79 Å². The molecule has 0 bridgehead atoms. The summed E-state index contributed by atoms with van der Waals surface area (Å²) in [6.07, 6.45) is 9.91. The molecule has 0 saturated carbocycles. The molecule has 0 atom stereocenters. The molecule has 2 rings (SSSR count). The van der Waals surface area contributed by atoms with Crippen molar-refractivity contribution in [2.24, 2.45) is 5.41 Å². The van der Waals surface area contributed by atoms with Gasteiger partial charge in [-0.25, -0.2) is 0 Å². The Morgan fingerprint density at radius 3 is 2.85 bits per heavy atom. The molecule has 0 amide bonds. The van der Waals surface area contributed by atoms with Crippen LogP contribution in [0.25, 0.3) is 0 Å². The van der Waals surface area contributed by atoms with Crippen molar-refractivity contribution < 1.29 is 4.79 Å². The highest BCUT2D eigenvalue weighted by Crippen LogP contribution is 2.40. The SMILES string of the molecule is CC1(C)CC2=C(C=CC=CC2)C1=O. The number of rotatable bonds is 0. The van der Waals surface area contributed by atoms with E-state index >= 15 is 0 Å². The molecule has 0 unspecified atom stereocenters. The predicted octanol–water partition coefficient (Wildman–Crippen LogP) is 2.80. The Kier molecular flexibility index (Phi) is 1.76. The number of Topliss-reactive ketones (excluding diaryl/α,β-unsaturated/α-hetero) is 1. The third-order valence-corrected chi connectivity index (χ3v) is 2.77. The summed E-state index contributed by atoms with van der Waals surface area (Å²) in [4.78, 5) is 11.9. The molecule has 0 aliphatic heterocycles. The van der Waals surface area contributed by atoms with Crippen molar-refractivity contribution in [2.75, 3.05) is 0 Å². The quantitative estimate of drug-likeness (QED) is 0.552. The van der Waals surface area contributed by atoms with E-state index in [0.717, 1.165) is 18.4 Å². The van der Waals surface area contributed by atoms with Gasteiger partial charge in [-0.2, -0.15) is 0 Å². The van der Waals surface area contributed by atoms with Crippen LogP contribution in [0.3, 0.4) is 0 Å². The lowest BCUT2D eigenvalue weighted by molar-refractivity contribution is -0.121. The zero-order chi connectivity index (χ0) is 9.47. The van der Waals surface area contributed by atoms with E-state index in [9.17, 15) is 4.79 Å². The summed E-state index contributed by atoms with van der Waals surface area (Å²) in [6, 6.07) is 0. The molecule has 1 heteroatoms. The zero-order valence-corrected chi connectivity index (χ0v) is 8.13. The van der Waals surface area contributed by atoms with Crippen LogP contribution in [0.1, 0.15) is 26.7 Å². The largest absolute Gasteiger partial charge is 0.294 e. The number of hydrogen-bond acceptors (Lipinski definition) is 1. The van der Waals surface area contributed by atoms with Gasteiger partial charge in [0.1, 0.15) is 0 Å². The molecule has 0 N–H and O–H groups in total. The van der Waals surface area contributed by atoms with Crippen molar-refractivity contribution in [1.29, 1.82) is 0 Å². The summed E-state index contributed by atoms with van der Waals surface area (Å²) >= 11 is 0. The Hall–Kier alpha value is -1.11. The van der Waals surface area contributed by atoms with Gasteiger partial charge in [0, 0.05) is 11.0 Å². The first kappa shape index (κ1) is 8.49. The summed E-state index contributed by atoms with van der Waals surface area (Å²) in [6.45, 7) is 4.06. The maximum Gasteiger partial charge on any atom is 0.168 e. The predicted molar refractivity (Wildman–Crippen MR) is 53.3 cm³/mol. The van der Waals surface area contributed by atoms with Crippen molar-refractivity contribution in [1.82, 2.24) is 0 Å². The Balaban J connectivity index is 2.40. The van der Waals surface area contributed by atoms with Crippen molar-refractivity contribution in [3.05, 3.63) is 35.5 Å². The second kappa shape index (κ2) is 2.69. The Labute approximate surface area is 78.8 Å². The monoisotopic (exact) mass is 174 g/mol. The number of allylic oxidation sites excluding steroid dienone is 6. The first-order valence-corrected chi connectivity index (χ1v) is 4.71. The van der Waals surface area contributed by atoms with Gasteiger partial charge in [0.2, 0.25) is 0 Å². The molecular weight excluding hydrogens is 160 g/mol. The maximum absolute atomic E-state index is 11.9. The van der Waals surface area contributed by atoms with Gasteiger partial charge in [0.25, 0.3) is 0 Å². The molecule has 13 heavy (non-hydrogen) atoms. The first-order valence-electron chi connectivity index (χ1n) is 4.71. The summed E-state index contributed by atoms with van der Waals surface area (Å²) in [5.74, 6) is 0.308. The van der Waals surface area contributed by atoms with Crippen LogP contribution in [0.2, 0.25) is 0 Å². The smallest absolute Gasteiger partial charge is 0.168 e. The maximum atomic E-state index is 11.9. The van der Waals surface area contributed by atoms with Crippen LogP contribution in [0.15, 0.2) is 35.5 Å². The topological polar surface area (TPSA) is 17.1 Å². The number of ketones is 1. The lowest BCUT2D eigenvalue weighted by Gasteiger charge is -2.15. The second-order valence-electron chi connectivity index (χ2n) is 4.40. The van der Waals surface area contributed by atoms with Crippen molar-refractivity contribution in [2.45, 2.75) is 26.7 Å². The highest BCUT2D eigenvalue weighted by Gasteiger charge is 2.37. The standard InChI is InChI=1S/C12H14O/c1-12(2)8-9-6-4-3-5-7-10(9)11(12)13/h3-5,7H,6,8H2,1-2H3. The van der Waals surface area contributed by atoms with Gasteiger partial charge >= 0.3 is 0 Å². The summed E-state index contributed by atoms with van der Waals surface area (Å²) < 4.78 is 0. The van der Waals surface area contributed by atoms with E-state index in [1.807, 2.05) is 32.1 Å². The highest BCUT2D eigenvalue weighted by molar-refractivity contribution is 6.05. The lowest BCUT2D eigenvalue weighted by Crippen LogP contribution is -2.19. The molecule has 0 spiro atoms. The molecule has 2 aliphatic rings. The molecule has 0 aromatic heterocycles. The van der Waals surface area contributed by atoms with Crippen molar-refractivity contribution in [3.63, 3.8) is 0 Å². The molecular formula is C12H14O. The van der Waals surface area contributed by atoms with Gasteiger partial charge in [0.15, 0.2) is 5.78 Å². The Bertz CT molecular complexity index is 340. The average molecular weight is 174 g/mol.